The van der Waals surface area contributed by atoms with E-state index in [0.29, 0.717) is 0 Å². The van der Waals surface area contributed by atoms with Crippen LogP contribution in [0.1, 0.15) is 166 Å². The second-order valence-electron chi connectivity index (χ2n) is 23.7. The quantitative estimate of drug-likeness (QED) is 0.308. The molecule has 0 bridgehead atoms. The molecule has 9 nitrogen and oxygen atoms in total. The van der Waals surface area contributed by atoms with E-state index in [1.165, 1.54) is 0 Å². The first-order valence-electron chi connectivity index (χ1n) is 20.6. The Morgan fingerprint density at radius 1 is 0.278 bits per heavy atom. The number of hydrogen-bond donors (Lipinski definition) is 0. The van der Waals surface area contributed by atoms with Crippen LogP contribution in [0.2, 0.25) is 0 Å². The molecular weight excluding hydrogens is 667 g/mol. The third-order valence-electron chi connectivity index (χ3n) is 18.0. The molecule has 0 amide bonds. The molecule has 1 aromatic carbocycles. The highest BCUT2D eigenvalue weighted by Crippen LogP contribution is 2.59. The Morgan fingerprint density at radius 3 is 0.648 bits per heavy atom. The summed E-state index contributed by atoms with van der Waals surface area (Å²) in [6.45, 7) is 56.7. The molecule has 0 N–H and O–H groups in total. The molecule has 6 aliphatic heterocycles. The van der Waals surface area contributed by atoms with Gasteiger partial charge in [0.05, 0.1) is 66.5 Å². The van der Waals surface area contributed by atoms with Crippen molar-refractivity contribution in [1.29, 1.82) is 0 Å². The second kappa shape index (κ2) is 9.76. The van der Waals surface area contributed by atoms with E-state index in [1.807, 2.05) is 0 Å². The van der Waals surface area contributed by atoms with Crippen molar-refractivity contribution in [3.8, 4) is 0 Å². The summed E-state index contributed by atoms with van der Waals surface area (Å²) in [6, 6.07) is 7.30. The van der Waals surface area contributed by atoms with Gasteiger partial charge in [0.25, 0.3) is 0 Å². The highest BCUT2D eigenvalue weighted by atomic mass is 15.6. The van der Waals surface area contributed by atoms with Gasteiger partial charge >= 0.3 is 0 Å². The lowest BCUT2D eigenvalue weighted by atomic mass is 9.75. The van der Waals surface area contributed by atoms with Gasteiger partial charge in [-0.15, -0.1) is 0 Å². The number of nitrogens with zero attached hydrogens (tertiary/aromatic N) is 9. The standard InChI is InChI=1S/C45H75N9/c1-34(2)37(7,8)52-31(46-34)49(40(13,14)43(52,19)20)28-25-29(50-32-47-35(3,4)38(9,10)53(32)44(21,22)41(50,15)16)27-30(26-28)51-33-48-36(5,6)39(11,12)54(33)45(23,24)42(51,17)18/h25-27H,1-24H3. The average Bonchev–Trinajstić information content (AvgIpc) is 3.51. The molecule has 9 heteroatoms. The molecule has 0 spiro atoms. The van der Waals surface area contributed by atoms with Crippen LogP contribution in [0.4, 0.5) is 17.1 Å². The summed E-state index contributed by atoms with van der Waals surface area (Å²) in [6.07, 6.45) is 0. The maximum absolute atomic E-state index is 5.60. The van der Waals surface area contributed by atoms with Crippen molar-refractivity contribution in [3.05, 3.63) is 18.2 Å². The van der Waals surface area contributed by atoms with E-state index in [4.69, 9.17) is 15.0 Å². The fraction of sp³-hybridized carbons (Fsp3) is 0.800. The van der Waals surface area contributed by atoms with Gasteiger partial charge in [0.2, 0.25) is 17.9 Å². The monoisotopic (exact) mass is 742 g/mol. The summed E-state index contributed by atoms with van der Waals surface area (Å²) < 4.78 is 0. The Morgan fingerprint density at radius 2 is 0.463 bits per heavy atom. The molecule has 0 radical (unpaired) electrons. The van der Waals surface area contributed by atoms with Crippen LogP contribution in [0.5, 0.6) is 0 Å². The lowest BCUT2D eigenvalue weighted by molar-refractivity contribution is 0.0528. The third kappa shape index (κ3) is 4.01. The largest absolute Gasteiger partial charge is 0.327 e. The van der Waals surface area contributed by atoms with Crippen molar-refractivity contribution in [2.24, 2.45) is 15.0 Å². The summed E-state index contributed by atoms with van der Waals surface area (Å²) in [5, 5.41) is 0. The minimum absolute atomic E-state index is 0.188. The molecule has 0 aromatic heterocycles. The average molecular weight is 742 g/mol. The lowest BCUT2D eigenvalue weighted by Gasteiger charge is -2.50. The van der Waals surface area contributed by atoms with Gasteiger partial charge in [-0.3, -0.25) is 0 Å². The van der Waals surface area contributed by atoms with Crippen LogP contribution < -0.4 is 14.7 Å². The molecular formula is C45H75N9. The van der Waals surface area contributed by atoms with E-state index < -0.39 is 0 Å². The van der Waals surface area contributed by atoms with Crippen LogP contribution in [0.15, 0.2) is 33.2 Å². The zero-order valence-electron chi connectivity index (χ0n) is 38.8. The zero-order chi connectivity index (χ0) is 41.2. The number of benzene rings is 1. The predicted octanol–water partition coefficient (Wildman–Crippen LogP) is 9.50. The Labute approximate surface area is 329 Å². The molecule has 0 saturated carbocycles. The van der Waals surface area contributed by atoms with Crippen molar-refractivity contribution in [3.63, 3.8) is 0 Å². The Bertz CT molecular complexity index is 1690. The molecule has 7 rings (SSSR count). The maximum atomic E-state index is 5.60. The molecule has 300 valence electrons. The second-order valence-corrected chi connectivity index (χ2v) is 23.7. The highest BCUT2D eigenvalue weighted by Gasteiger charge is 2.69. The third-order valence-corrected chi connectivity index (χ3v) is 18.0. The van der Waals surface area contributed by atoms with Crippen molar-refractivity contribution >= 4 is 34.9 Å². The number of guanidine groups is 3. The number of aliphatic imine (C=N–C) groups is 3. The first-order chi connectivity index (χ1) is 23.8. The first kappa shape index (κ1) is 39.3. The smallest absolute Gasteiger partial charge is 0.203 e. The van der Waals surface area contributed by atoms with Crippen molar-refractivity contribution < 1.29 is 0 Å². The van der Waals surface area contributed by atoms with Gasteiger partial charge in [0.15, 0.2) is 0 Å². The van der Waals surface area contributed by atoms with Gasteiger partial charge in [-0.2, -0.15) is 0 Å². The predicted molar refractivity (Wildman–Crippen MR) is 231 cm³/mol. The van der Waals surface area contributed by atoms with Crippen LogP contribution in [-0.2, 0) is 0 Å². The Balaban J connectivity index is 1.55. The summed E-state index contributed by atoms with van der Waals surface area (Å²) in [4.78, 5) is 32.3. The van der Waals surface area contributed by atoms with E-state index in [9.17, 15) is 0 Å². The van der Waals surface area contributed by atoms with Crippen LogP contribution in [-0.4, -0.2) is 99.0 Å². The number of hydrogen-bond acceptors (Lipinski definition) is 9. The van der Waals surface area contributed by atoms with Crippen molar-refractivity contribution in [2.75, 3.05) is 14.7 Å². The van der Waals surface area contributed by atoms with Crippen LogP contribution >= 0.6 is 0 Å². The van der Waals surface area contributed by atoms with Crippen molar-refractivity contribution in [1.82, 2.24) is 14.7 Å². The molecule has 3 saturated heterocycles. The van der Waals surface area contributed by atoms with E-state index in [2.05, 4.69) is 214 Å². The minimum Gasteiger partial charge on any atom is -0.327 e. The zero-order valence-corrected chi connectivity index (χ0v) is 38.8. The molecule has 3 fully saturated rings. The van der Waals surface area contributed by atoms with Gasteiger partial charge in [-0.25, -0.2) is 15.0 Å². The summed E-state index contributed by atoms with van der Waals surface area (Å²) in [7, 11) is 0. The lowest BCUT2D eigenvalue weighted by Crippen LogP contribution is -2.63. The van der Waals surface area contributed by atoms with Crippen LogP contribution in [0.25, 0.3) is 0 Å². The van der Waals surface area contributed by atoms with Gasteiger partial charge in [0, 0.05) is 17.1 Å². The molecule has 6 aliphatic rings. The molecule has 54 heavy (non-hydrogen) atoms. The van der Waals surface area contributed by atoms with Gasteiger partial charge in [0.1, 0.15) is 0 Å². The topological polar surface area (TPSA) is 56.5 Å². The summed E-state index contributed by atoms with van der Waals surface area (Å²) >= 11 is 0. The minimum atomic E-state index is -0.295. The normalized spacial score (nSPS) is 31.0. The van der Waals surface area contributed by atoms with Crippen molar-refractivity contribution in [2.45, 2.75) is 233 Å². The van der Waals surface area contributed by atoms with E-state index in [-0.39, 0.29) is 66.5 Å². The molecule has 0 aliphatic carbocycles. The molecule has 6 heterocycles. The fourth-order valence-electron chi connectivity index (χ4n) is 10.9. The first-order valence-corrected chi connectivity index (χ1v) is 20.6. The molecule has 1 aromatic rings. The SMILES string of the molecule is CC1(C)N=C2N(c3cc(N4C5=NC(C)(C)C(C)(C)N5C(C)(C)C4(C)C)cc(N4C5=NC(C)(C)C(C)(C)N5C(C)(C)C4(C)C)c3)C(C)(C)C(C)(C)N2C1(C)C. The van der Waals surface area contributed by atoms with E-state index in [0.717, 1.165) is 34.9 Å². The number of fused-ring (bicyclic) bond motifs is 3. The molecule has 0 unspecified atom stereocenters. The Kier molecular flexibility index (Phi) is 7.10. The van der Waals surface area contributed by atoms with E-state index >= 15 is 0 Å². The highest BCUT2D eigenvalue weighted by molar-refractivity contribution is 6.09. The number of anilines is 3. The summed E-state index contributed by atoms with van der Waals surface area (Å²) in [5.41, 5.74) is 0.500. The van der Waals surface area contributed by atoms with Crippen LogP contribution in [0, 0.1) is 0 Å². The fourth-order valence-corrected chi connectivity index (χ4v) is 10.9. The Hall–Kier alpha value is -2.97. The number of rotatable bonds is 3. The maximum Gasteiger partial charge on any atom is 0.203 e. The van der Waals surface area contributed by atoms with E-state index in [1.54, 1.807) is 0 Å². The van der Waals surface area contributed by atoms with Gasteiger partial charge < -0.3 is 29.4 Å². The molecule has 0 atom stereocenters. The summed E-state index contributed by atoms with van der Waals surface area (Å²) in [5.74, 6) is 3.15. The van der Waals surface area contributed by atoms with Gasteiger partial charge in [-0.05, 0) is 184 Å². The van der Waals surface area contributed by atoms with Gasteiger partial charge in [-0.1, -0.05) is 0 Å². The van der Waals surface area contributed by atoms with Crippen LogP contribution in [0.3, 0.4) is 0 Å².